The van der Waals surface area contributed by atoms with E-state index < -0.39 is 5.97 Å². The maximum Gasteiger partial charge on any atom is 0.340 e. The molecule has 0 aliphatic rings. The molecule has 1 N–H and O–H groups in total. The summed E-state index contributed by atoms with van der Waals surface area (Å²) < 4.78 is 6.19. The van der Waals surface area contributed by atoms with E-state index in [-0.39, 0.29) is 17.9 Å². The van der Waals surface area contributed by atoms with Crippen LogP contribution in [0.4, 0.5) is 0 Å². The molecule has 0 bridgehead atoms. The smallest absolute Gasteiger partial charge is 0.340 e. The molecule has 1 aromatic heterocycles. The predicted molar refractivity (Wildman–Crippen MR) is 66.7 cm³/mol. The van der Waals surface area contributed by atoms with Crippen molar-refractivity contribution in [3.63, 3.8) is 0 Å². The van der Waals surface area contributed by atoms with Crippen molar-refractivity contribution in [2.75, 3.05) is 12.0 Å². The zero-order valence-electron chi connectivity index (χ0n) is 10.4. The molecule has 0 atom stereocenters. The second-order valence-electron chi connectivity index (χ2n) is 2.66. The normalized spacial score (nSPS) is 8.65. The summed E-state index contributed by atoms with van der Waals surface area (Å²) in [6, 6.07) is 1.51. The summed E-state index contributed by atoms with van der Waals surface area (Å²) in [6.07, 6.45) is 3.54. The van der Waals surface area contributed by atoms with Crippen molar-refractivity contribution in [3.8, 4) is 0 Å². The monoisotopic (exact) mass is 238 g/mol. The number of hydrogen-bond donors (Lipinski definition) is 1. The zero-order chi connectivity index (χ0) is 13.3. The summed E-state index contributed by atoms with van der Waals surface area (Å²) in [5.74, 6) is -0.510. The van der Waals surface area contributed by atoms with Gasteiger partial charge in [0.15, 0.2) is 6.29 Å². The van der Waals surface area contributed by atoms with Crippen LogP contribution >= 0.6 is 0 Å². The van der Waals surface area contributed by atoms with E-state index in [2.05, 4.69) is 12.0 Å². The summed E-state index contributed by atoms with van der Waals surface area (Å²) in [5, 5.41) is 0. The van der Waals surface area contributed by atoms with Crippen molar-refractivity contribution >= 4 is 12.3 Å². The average Bonchev–Trinajstić information content (AvgIpc) is 2.75. The predicted octanol–water partition coefficient (Wildman–Crippen LogP) is 2.19. The number of hydrogen-bond acceptors (Lipinski definition) is 4. The molecular formula is C12H18N2O3. The highest BCUT2D eigenvalue weighted by molar-refractivity contribution is 5.97. The molecule has 0 aliphatic heterocycles. The molecule has 0 unspecified atom stereocenters. The molecule has 0 radical (unpaired) electrons. The van der Waals surface area contributed by atoms with Crippen molar-refractivity contribution in [2.24, 2.45) is 0 Å². The Labute approximate surface area is 101 Å². The van der Waals surface area contributed by atoms with Gasteiger partial charge in [0.1, 0.15) is 5.69 Å². The van der Waals surface area contributed by atoms with E-state index in [1.807, 2.05) is 13.8 Å². The Morgan fingerprint density at radius 2 is 2.24 bits per heavy atom. The van der Waals surface area contributed by atoms with Crippen LogP contribution < -0.4 is 5.43 Å². The molecule has 0 fully saturated rings. The van der Waals surface area contributed by atoms with E-state index in [1.165, 1.54) is 16.9 Å². The van der Waals surface area contributed by atoms with Gasteiger partial charge in [0, 0.05) is 12.4 Å². The van der Waals surface area contributed by atoms with Crippen LogP contribution in [0.15, 0.2) is 25.0 Å². The van der Waals surface area contributed by atoms with Crippen LogP contribution in [0.1, 0.15) is 41.6 Å². The number of carbonyl (C=O) groups excluding carboxylic acids is 2. The van der Waals surface area contributed by atoms with Crippen LogP contribution in [0, 0.1) is 0 Å². The maximum atomic E-state index is 11.4. The van der Waals surface area contributed by atoms with Crippen LogP contribution in [0.25, 0.3) is 0 Å². The first-order chi connectivity index (χ1) is 8.24. The van der Waals surface area contributed by atoms with Crippen molar-refractivity contribution < 1.29 is 14.3 Å². The minimum Gasteiger partial charge on any atom is -0.462 e. The van der Waals surface area contributed by atoms with E-state index >= 15 is 0 Å². The summed E-state index contributed by atoms with van der Waals surface area (Å²) in [4.78, 5) is 22.2. The van der Waals surface area contributed by atoms with Gasteiger partial charge >= 0.3 is 5.97 Å². The Bertz CT molecular complexity index is 383. The van der Waals surface area contributed by atoms with Gasteiger partial charge in [0.2, 0.25) is 0 Å². The van der Waals surface area contributed by atoms with Crippen molar-refractivity contribution in [3.05, 3.63) is 36.3 Å². The first kappa shape index (κ1) is 15.0. The lowest BCUT2D eigenvalue weighted by atomic mass is 10.2. The number of ether oxygens (including phenoxy) is 1. The number of nitrogens with one attached hydrogen (secondary N) is 1. The first-order valence-corrected chi connectivity index (χ1v) is 5.45. The average molecular weight is 238 g/mol. The van der Waals surface area contributed by atoms with Gasteiger partial charge in [-0.25, -0.2) is 4.79 Å². The third-order valence-corrected chi connectivity index (χ3v) is 1.76. The number of aldehydes is 1. The third kappa shape index (κ3) is 3.79. The van der Waals surface area contributed by atoms with Gasteiger partial charge in [-0.3, -0.25) is 9.47 Å². The number of rotatable bonds is 5. The van der Waals surface area contributed by atoms with Gasteiger partial charge in [-0.1, -0.05) is 20.4 Å². The number of esters is 1. The van der Waals surface area contributed by atoms with Crippen LogP contribution in [0.3, 0.4) is 0 Å². The van der Waals surface area contributed by atoms with Crippen molar-refractivity contribution in [2.45, 2.75) is 20.8 Å². The highest BCUT2D eigenvalue weighted by atomic mass is 16.5. The number of carbonyl (C=O) groups is 2. The van der Waals surface area contributed by atoms with Gasteiger partial charge in [-0.15, -0.1) is 0 Å². The Morgan fingerprint density at radius 3 is 2.71 bits per heavy atom. The fraction of sp³-hybridized carbons (Fsp3) is 0.333. The molecule has 0 amide bonds. The van der Waals surface area contributed by atoms with Crippen molar-refractivity contribution in [1.29, 1.82) is 0 Å². The van der Waals surface area contributed by atoms with Crippen LogP contribution in [0.5, 0.6) is 0 Å². The van der Waals surface area contributed by atoms with Gasteiger partial charge in [-0.05, 0) is 13.0 Å². The van der Waals surface area contributed by atoms with Gasteiger partial charge in [0.05, 0.1) is 12.2 Å². The highest BCUT2D eigenvalue weighted by Crippen LogP contribution is 2.09. The van der Waals surface area contributed by atoms with E-state index in [4.69, 9.17) is 4.74 Å². The molecule has 0 saturated carbocycles. The summed E-state index contributed by atoms with van der Waals surface area (Å²) >= 11 is 0. The van der Waals surface area contributed by atoms with Crippen molar-refractivity contribution in [1.82, 2.24) is 4.68 Å². The largest absolute Gasteiger partial charge is 0.462 e. The topological polar surface area (TPSA) is 60.3 Å². The minimum absolute atomic E-state index is 0.216. The highest BCUT2D eigenvalue weighted by Gasteiger charge is 2.15. The lowest BCUT2D eigenvalue weighted by Crippen LogP contribution is -2.13. The number of aromatic nitrogens is 1. The molecule has 17 heavy (non-hydrogen) atoms. The van der Waals surface area contributed by atoms with E-state index in [0.717, 1.165) is 0 Å². The molecular weight excluding hydrogens is 220 g/mol. The Kier molecular flexibility index (Phi) is 7.17. The molecule has 0 aromatic carbocycles. The minimum atomic E-state index is -0.510. The summed E-state index contributed by atoms with van der Waals surface area (Å²) in [6.45, 7) is 9.44. The fourth-order valence-corrected chi connectivity index (χ4v) is 1.16. The SMILES string of the molecule is C=CNn1ccc(C(=O)OCC)c1C=O.CC. The van der Waals surface area contributed by atoms with E-state index in [9.17, 15) is 9.59 Å². The van der Waals surface area contributed by atoms with Crippen LogP contribution in [-0.4, -0.2) is 23.5 Å². The van der Waals surface area contributed by atoms with Crippen LogP contribution in [0.2, 0.25) is 0 Å². The molecule has 0 spiro atoms. The second kappa shape index (κ2) is 8.15. The van der Waals surface area contributed by atoms with E-state index in [0.29, 0.717) is 6.29 Å². The standard InChI is InChI=1S/C10H12N2O3.C2H6/c1-3-11-12-6-5-8(9(12)7-13)10(14)15-4-2;1-2/h3,5-7,11H,1,4H2,2H3;1-2H3. The Morgan fingerprint density at radius 1 is 1.59 bits per heavy atom. The van der Waals surface area contributed by atoms with Gasteiger partial charge < -0.3 is 10.2 Å². The fourth-order valence-electron chi connectivity index (χ4n) is 1.16. The molecule has 1 aromatic rings. The summed E-state index contributed by atoms with van der Waals surface area (Å²) in [7, 11) is 0. The third-order valence-electron chi connectivity index (χ3n) is 1.76. The first-order valence-electron chi connectivity index (χ1n) is 5.45. The quantitative estimate of drug-likeness (QED) is 0.631. The Balaban J connectivity index is 0.00000121. The lowest BCUT2D eigenvalue weighted by molar-refractivity contribution is 0.0524. The lowest BCUT2D eigenvalue weighted by Gasteiger charge is -2.04. The molecule has 5 heteroatoms. The molecule has 5 nitrogen and oxygen atoms in total. The van der Waals surface area contributed by atoms with Crippen LogP contribution in [-0.2, 0) is 4.74 Å². The van der Waals surface area contributed by atoms with E-state index in [1.54, 1.807) is 13.1 Å². The molecule has 0 saturated heterocycles. The molecule has 0 aliphatic carbocycles. The van der Waals surface area contributed by atoms with Gasteiger partial charge in [-0.2, -0.15) is 0 Å². The molecule has 94 valence electrons. The molecule has 1 heterocycles. The molecule has 1 rings (SSSR count). The van der Waals surface area contributed by atoms with Gasteiger partial charge in [0.25, 0.3) is 0 Å². The second-order valence-corrected chi connectivity index (χ2v) is 2.66. The Hall–Kier alpha value is -2.04. The zero-order valence-corrected chi connectivity index (χ0v) is 10.4. The maximum absolute atomic E-state index is 11.4. The number of nitrogens with zero attached hydrogens (tertiary/aromatic N) is 1. The summed E-state index contributed by atoms with van der Waals surface area (Å²) in [5.41, 5.74) is 3.14.